The second-order valence-electron chi connectivity index (χ2n) is 5.13. The lowest BCUT2D eigenvalue weighted by atomic mass is 10.1. The summed E-state index contributed by atoms with van der Waals surface area (Å²) < 4.78 is 0. The van der Waals surface area contributed by atoms with E-state index in [4.69, 9.17) is 9.97 Å². The quantitative estimate of drug-likeness (QED) is 0.843. The van der Waals surface area contributed by atoms with E-state index >= 15 is 0 Å². The molecule has 3 nitrogen and oxygen atoms in total. The van der Waals surface area contributed by atoms with Gasteiger partial charge < -0.3 is 5.32 Å². The van der Waals surface area contributed by atoms with Crippen LogP contribution in [0.1, 0.15) is 55.4 Å². The lowest BCUT2D eigenvalue weighted by Crippen LogP contribution is -2.05. The normalized spacial score (nSPS) is 26.9. The molecular weight excluding hydrogens is 198 g/mol. The maximum atomic E-state index is 4.80. The van der Waals surface area contributed by atoms with Crippen molar-refractivity contribution in [3.63, 3.8) is 0 Å². The van der Waals surface area contributed by atoms with E-state index < -0.39 is 0 Å². The first-order valence-electron chi connectivity index (χ1n) is 6.39. The van der Waals surface area contributed by atoms with E-state index in [-0.39, 0.29) is 0 Å². The SMILES string of the molecule is CCCc1nc(C2CC2C)nc2c1CNC2. The standard InChI is InChI=1S/C13H19N3/c1-3-4-11-10-6-14-7-12(10)16-13(15-11)9-5-8(9)2/h8-9,14H,3-7H2,1-2H3. The predicted molar refractivity (Wildman–Crippen MR) is 63.1 cm³/mol. The minimum absolute atomic E-state index is 0.640. The predicted octanol–water partition coefficient (Wildman–Crippen LogP) is 2.16. The van der Waals surface area contributed by atoms with Crippen LogP contribution in [0.25, 0.3) is 0 Å². The van der Waals surface area contributed by atoms with Crippen LogP contribution >= 0.6 is 0 Å². The zero-order valence-corrected chi connectivity index (χ0v) is 10.1. The molecule has 0 aromatic carbocycles. The summed E-state index contributed by atoms with van der Waals surface area (Å²) in [7, 11) is 0. The van der Waals surface area contributed by atoms with Crippen LogP contribution < -0.4 is 5.32 Å². The topological polar surface area (TPSA) is 37.8 Å². The Morgan fingerprint density at radius 1 is 1.31 bits per heavy atom. The van der Waals surface area contributed by atoms with E-state index in [1.54, 1.807) is 0 Å². The minimum Gasteiger partial charge on any atom is -0.307 e. The number of aryl methyl sites for hydroxylation is 1. The fourth-order valence-electron chi connectivity index (χ4n) is 2.55. The van der Waals surface area contributed by atoms with Crippen LogP contribution in [0.2, 0.25) is 0 Å². The largest absolute Gasteiger partial charge is 0.307 e. The average Bonchev–Trinajstić information content (AvgIpc) is 2.81. The van der Waals surface area contributed by atoms with E-state index in [1.165, 1.54) is 29.8 Å². The Morgan fingerprint density at radius 3 is 2.81 bits per heavy atom. The number of nitrogens with zero attached hydrogens (tertiary/aromatic N) is 2. The zero-order chi connectivity index (χ0) is 11.1. The first kappa shape index (κ1) is 10.2. The van der Waals surface area contributed by atoms with Crippen molar-refractivity contribution < 1.29 is 0 Å². The van der Waals surface area contributed by atoms with Crippen LogP contribution in [0.3, 0.4) is 0 Å². The van der Waals surface area contributed by atoms with Gasteiger partial charge in [0.05, 0.1) is 5.69 Å². The molecule has 1 aliphatic heterocycles. The molecule has 0 saturated heterocycles. The molecule has 1 fully saturated rings. The molecule has 1 aromatic heterocycles. The molecule has 1 aliphatic carbocycles. The highest BCUT2D eigenvalue weighted by molar-refractivity contribution is 5.31. The Labute approximate surface area is 96.7 Å². The lowest BCUT2D eigenvalue weighted by molar-refractivity contribution is 0.752. The number of hydrogen-bond acceptors (Lipinski definition) is 3. The molecule has 2 aliphatic rings. The Hall–Kier alpha value is -0.960. The summed E-state index contributed by atoms with van der Waals surface area (Å²) in [6.07, 6.45) is 3.54. The number of aromatic nitrogens is 2. The van der Waals surface area contributed by atoms with Crippen LogP contribution in [-0.2, 0) is 19.5 Å². The molecule has 0 amide bonds. The molecule has 2 unspecified atom stereocenters. The van der Waals surface area contributed by atoms with Gasteiger partial charge in [-0.05, 0) is 18.8 Å². The average molecular weight is 217 g/mol. The van der Waals surface area contributed by atoms with E-state index in [0.29, 0.717) is 5.92 Å². The third-order valence-corrected chi connectivity index (χ3v) is 3.72. The maximum Gasteiger partial charge on any atom is 0.132 e. The van der Waals surface area contributed by atoms with E-state index in [2.05, 4.69) is 19.2 Å². The molecule has 3 rings (SSSR count). The van der Waals surface area contributed by atoms with Crippen molar-refractivity contribution in [1.82, 2.24) is 15.3 Å². The van der Waals surface area contributed by atoms with Gasteiger partial charge in [-0.2, -0.15) is 0 Å². The van der Waals surface area contributed by atoms with Crippen molar-refractivity contribution in [2.45, 2.75) is 52.1 Å². The summed E-state index contributed by atoms with van der Waals surface area (Å²) in [6.45, 7) is 6.41. The summed E-state index contributed by atoms with van der Waals surface area (Å²) in [6, 6.07) is 0. The number of hydrogen-bond donors (Lipinski definition) is 1. The highest BCUT2D eigenvalue weighted by Gasteiger charge is 2.37. The first-order valence-corrected chi connectivity index (χ1v) is 6.39. The Morgan fingerprint density at radius 2 is 2.12 bits per heavy atom. The van der Waals surface area contributed by atoms with Gasteiger partial charge in [-0.1, -0.05) is 20.3 Å². The Balaban J connectivity index is 1.99. The van der Waals surface area contributed by atoms with Crippen molar-refractivity contribution >= 4 is 0 Å². The van der Waals surface area contributed by atoms with Crippen LogP contribution in [0.4, 0.5) is 0 Å². The number of nitrogens with one attached hydrogen (secondary N) is 1. The van der Waals surface area contributed by atoms with Gasteiger partial charge in [-0.15, -0.1) is 0 Å². The highest BCUT2D eigenvalue weighted by atomic mass is 15.0. The molecule has 2 atom stereocenters. The molecule has 3 heteroatoms. The van der Waals surface area contributed by atoms with E-state index in [0.717, 1.165) is 31.3 Å². The second-order valence-corrected chi connectivity index (χ2v) is 5.13. The molecule has 1 N–H and O–H groups in total. The molecule has 16 heavy (non-hydrogen) atoms. The third kappa shape index (κ3) is 1.63. The minimum atomic E-state index is 0.640. The molecule has 0 bridgehead atoms. The number of fused-ring (bicyclic) bond motifs is 1. The highest BCUT2D eigenvalue weighted by Crippen LogP contribution is 2.45. The summed E-state index contributed by atoms with van der Waals surface area (Å²) in [5.41, 5.74) is 3.93. The summed E-state index contributed by atoms with van der Waals surface area (Å²) in [5.74, 6) is 2.54. The van der Waals surface area contributed by atoms with Crippen molar-refractivity contribution in [3.05, 3.63) is 22.8 Å². The van der Waals surface area contributed by atoms with E-state index in [1.807, 2.05) is 0 Å². The van der Waals surface area contributed by atoms with E-state index in [9.17, 15) is 0 Å². The summed E-state index contributed by atoms with van der Waals surface area (Å²) >= 11 is 0. The van der Waals surface area contributed by atoms with Crippen LogP contribution in [-0.4, -0.2) is 9.97 Å². The molecule has 0 radical (unpaired) electrons. The van der Waals surface area contributed by atoms with Gasteiger partial charge in [0.1, 0.15) is 5.82 Å². The fourth-order valence-corrected chi connectivity index (χ4v) is 2.55. The van der Waals surface area contributed by atoms with Crippen molar-refractivity contribution in [1.29, 1.82) is 0 Å². The fraction of sp³-hybridized carbons (Fsp3) is 0.692. The Kier molecular flexibility index (Phi) is 2.43. The Bertz CT molecular complexity index is 414. The second kappa shape index (κ2) is 3.81. The van der Waals surface area contributed by atoms with Crippen LogP contribution in [0.15, 0.2) is 0 Å². The molecular formula is C13H19N3. The molecule has 2 heterocycles. The van der Waals surface area contributed by atoms with Gasteiger partial charge in [0.25, 0.3) is 0 Å². The summed E-state index contributed by atoms with van der Waals surface area (Å²) in [5, 5.41) is 3.38. The third-order valence-electron chi connectivity index (χ3n) is 3.72. The van der Waals surface area contributed by atoms with Crippen LogP contribution in [0, 0.1) is 5.92 Å². The van der Waals surface area contributed by atoms with Gasteiger partial charge >= 0.3 is 0 Å². The molecule has 0 spiro atoms. The van der Waals surface area contributed by atoms with Crippen molar-refractivity contribution in [2.75, 3.05) is 0 Å². The van der Waals surface area contributed by atoms with Gasteiger partial charge in [0.15, 0.2) is 0 Å². The van der Waals surface area contributed by atoms with Gasteiger partial charge in [-0.25, -0.2) is 9.97 Å². The lowest BCUT2D eigenvalue weighted by Gasteiger charge is -2.08. The first-order chi connectivity index (χ1) is 7.79. The van der Waals surface area contributed by atoms with Crippen molar-refractivity contribution in [3.8, 4) is 0 Å². The monoisotopic (exact) mass is 217 g/mol. The number of rotatable bonds is 3. The van der Waals surface area contributed by atoms with Crippen LogP contribution in [0.5, 0.6) is 0 Å². The summed E-state index contributed by atoms with van der Waals surface area (Å²) in [4.78, 5) is 9.53. The van der Waals surface area contributed by atoms with Crippen molar-refractivity contribution in [2.24, 2.45) is 5.92 Å². The molecule has 86 valence electrons. The van der Waals surface area contributed by atoms with Gasteiger partial charge in [-0.3, -0.25) is 0 Å². The van der Waals surface area contributed by atoms with Gasteiger partial charge in [0, 0.05) is 30.3 Å². The smallest absolute Gasteiger partial charge is 0.132 e. The molecule has 1 saturated carbocycles. The molecule has 1 aromatic rings. The maximum absolute atomic E-state index is 4.80. The zero-order valence-electron chi connectivity index (χ0n) is 10.1. The van der Waals surface area contributed by atoms with Gasteiger partial charge in [0.2, 0.25) is 0 Å².